The Kier molecular flexibility index (Phi) is 7.50. The number of azo groups is 1. The second kappa shape index (κ2) is 10.5. The highest BCUT2D eigenvalue weighted by molar-refractivity contribution is 9.10. The quantitative estimate of drug-likeness (QED) is 0.257. The van der Waals surface area contributed by atoms with E-state index in [0.29, 0.717) is 22.7 Å². The molecule has 0 aromatic heterocycles. The van der Waals surface area contributed by atoms with E-state index in [1.807, 2.05) is 56.3 Å². The third kappa shape index (κ3) is 6.48. The van der Waals surface area contributed by atoms with Crippen molar-refractivity contribution in [1.29, 1.82) is 0 Å². The van der Waals surface area contributed by atoms with E-state index in [9.17, 15) is 9.90 Å². The van der Waals surface area contributed by atoms with Gasteiger partial charge in [0, 0.05) is 5.56 Å². The normalized spacial score (nSPS) is 11.2. The molecule has 1 amide bonds. The lowest BCUT2D eigenvalue weighted by Gasteiger charge is -2.11. The molecule has 2 N–H and O–H groups in total. The van der Waals surface area contributed by atoms with Crippen molar-refractivity contribution in [2.24, 2.45) is 15.3 Å². The summed E-state index contributed by atoms with van der Waals surface area (Å²) in [6, 6.07) is 17.9. The number of carbonyl (C=O) groups is 1. The maximum Gasteiger partial charge on any atom is 0.277 e. The molecule has 31 heavy (non-hydrogen) atoms. The number of nitrogens with one attached hydrogen (secondary N) is 1. The number of rotatable bonds is 7. The third-order valence-corrected chi connectivity index (χ3v) is 4.75. The van der Waals surface area contributed by atoms with E-state index < -0.39 is 5.91 Å². The van der Waals surface area contributed by atoms with Gasteiger partial charge in [0.2, 0.25) is 0 Å². The molecule has 3 aromatic rings. The number of amides is 1. The van der Waals surface area contributed by atoms with Crippen LogP contribution in [0, 0.1) is 13.8 Å². The van der Waals surface area contributed by atoms with Crippen LogP contribution in [0.4, 0.5) is 11.4 Å². The van der Waals surface area contributed by atoms with Crippen LogP contribution in [-0.4, -0.2) is 23.8 Å². The summed E-state index contributed by atoms with van der Waals surface area (Å²) in [5.74, 6) is 0.188. The summed E-state index contributed by atoms with van der Waals surface area (Å²) < 4.78 is 6.38. The van der Waals surface area contributed by atoms with E-state index in [-0.39, 0.29) is 12.4 Å². The summed E-state index contributed by atoms with van der Waals surface area (Å²) in [5.41, 5.74) is 6.05. The standard InChI is InChI=1S/C23H21BrN4O3/c1-15-10-16(2)23(20(24)11-15)31-14-22(30)28-25-13-17-12-19(8-9-21(17)29)27-26-18-6-4-3-5-7-18/h3-13,29H,14H2,1-2H3,(H,28,30). The summed E-state index contributed by atoms with van der Waals surface area (Å²) in [6.45, 7) is 3.70. The van der Waals surface area contributed by atoms with Crippen molar-refractivity contribution in [3.8, 4) is 11.5 Å². The predicted octanol–water partition coefficient (Wildman–Crippen LogP) is 5.72. The first kappa shape index (κ1) is 22.2. The number of aryl methyl sites for hydroxylation is 2. The first-order valence-corrected chi connectivity index (χ1v) is 10.2. The Morgan fingerprint density at radius 2 is 1.81 bits per heavy atom. The molecular formula is C23H21BrN4O3. The molecule has 0 spiro atoms. The monoisotopic (exact) mass is 480 g/mol. The van der Waals surface area contributed by atoms with Crippen LogP contribution in [0.25, 0.3) is 0 Å². The lowest BCUT2D eigenvalue weighted by molar-refractivity contribution is -0.123. The SMILES string of the molecule is Cc1cc(C)c(OCC(=O)NN=Cc2cc(N=Nc3ccccc3)ccc2O)c(Br)c1. The van der Waals surface area contributed by atoms with Crippen molar-refractivity contribution < 1.29 is 14.6 Å². The summed E-state index contributed by atoms with van der Waals surface area (Å²) in [7, 11) is 0. The van der Waals surface area contributed by atoms with Gasteiger partial charge < -0.3 is 9.84 Å². The minimum absolute atomic E-state index is 0.00659. The van der Waals surface area contributed by atoms with Gasteiger partial charge in [-0.25, -0.2) is 5.43 Å². The number of hydrazone groups is 1. The van der Waals surface area contributed by atoms with Gasteiger partial charge in [-0.3, -0.25) is 4.79 Å². The fraction of sp³-hybridized carbons (Fsp3) is 0.130. The fourth-order valence-corrected chi connectivity index (χ4v) is 3.54. The predicted molar refractivity (Wildman–Crippen MR) is 124 cm³/mol. The van der Waals surface area contributed by atoms with Gasteiger partial charge in [0.25, 0.3) is 5.91 Å². The number of carbonyl (C=O) groups excluding carboxylic acids is 1. The Hall–Kier alpha value is -3.52. The van der Waals surface area contributed by atoms with Crippen molar-refractivity contribution in [2.75, 3.05) is 6.61 Å². The number of hydrogen-bond acceptors (Lipinski definition) is 6. The van der Waals surface area contributed by atoms with Crippen LogP contribution in [0.1, 0.15) is 16.7 Å². The number of phenols is 1. The Labute approximate surface area is 188 Å². The van der Waals surface area contributed by atoms with Crippen LogP contribution >= 0.6 is 15.9 Å². The van der Waals surface area contributed by atoms with E-state index in [1.54, 1.807) is 12.1 Å². The number of nitrogens with zero attached hydrogens (tertiary/aromatic N) is 3. The molecule has 3 rings (SSSR count). The van der Waals surface area contributed by atoms with E-state index >= 15 is 0 Å². The zero-order valence-electron chi connectivity index (χ0n) is 17.0. The summed E-state index contributed by atoms with van der Waals surface area (Å²) in [6.07, 6.45) is 1.34. The number of phenolic OH excluding ortho intramolecular Hbond substituents is 1. The van der Waals surface area contributed by atoms with Crippen molar-refractivity contribution >= 4 is 39.4 Å². The van der Waals surface area contributed by atoms with Gasteiger partial charge in [0.15, 0.2) is 6.61 Å². The first-order valence-electron chi connectivity index (χ1n) is 9.43. The van der Waals surface area contributed by atoms with E-state index in [0.717, 1.165) is 15.6 Å². The van der Waals surface area contributed by atoms with Gasteiger partial charge in [-0.15, -0.1) is 0 Å². The third-order valence-electron chi connectivity index (χ3n) is 4.16. The molecule has 0 unspecified atom stereocenters. The van der Waals surface area contributed by atoms with Gasteiger partial charge in [0.05, 0.1) is 22.1 Å². The lowest BCUT2D eigenvalue weighted by Crippen LogP contribution is -2.24. The number of ether oxygens (including phenoxy) is 1. The fourth-order valence-electron chi connectivity index (χ4n) is 2.75. The minimum atomic E-state index is -0.428. The van der Waals surface area contributed by atoms with Gasteiger partial charge in [0.1, 0.15) is 11.5 Å². The second-order valence-corrected chi connectivity index (χ2v) is 7.61. The molecule has 0 radical (unpaired) electrons. The lowest BCUT2D eigenvalue weighted by atomic mass is 10.1. The first-order chi connectivity index (χ1) is 14.9. The molecule has 8 heteroatoms. The zero-order chi connectivity index (χ0) is 22.2. The molecular weight excluding hydrogens is 460 g/mol. The minimum Gasteiger partial charge on any atom is -0.507 e. The number of hydrogen-bond donors (Lipinski definition) is 2. The number of halogens is 1. The molecule has 0 saturated carbocycles. The molecule has 0 aliphatic heterocycles. The van der Waals surface area contributed by atoms with Gasteiger partial charge in [-0.1, -0.05) is 24.3 Å². The number of benzene rings is 3. The van der Waals surface area contributed by atoms with Gasteiger partial charge in [-0.2, -0.15) is 15.3 Å². The maximum atomic E-state index is 12.0. The highest BCUT2D eigenvalue weighted by Crippen LogP contribution is 2.30. The average molecular weight is 481 g/mol. The smallest absolute Gasteiger partial charge is 0.277 e. The zero-order valence-corrected chi connectivity index (χ0v) is 18.6. The molecule has 0 heterocycles. The van der Waals surface area contributed by atoms with Crippen LogP contribution in [0.15, 0.2) is 80.5 Å². The Bertz CT molecular complexity index is 1110. The van der Waals surface area contributed by atoms with Crippen LogP contribution in [0.3, 0.4) is 0 Å². The molecule has 0 aliphatic rings. The van der Waals surface area contributed by atoms with Crippen LogP contribution < -0.4 is 10.2 Å². The van der Waals surface area contributed by atoms with E-state index in [2.05, 4.69) is 36.7 Å². The van der Waals surface area contributed by atoms with Crippen molar-refractivity contribution in [3.05, 3.63) is 81.8 Å². The molecule has 3 aromatic carbocycles. The van der Waals surface area contributed by atoms with E-state index in [4.69, 9.17) is 4.74 Å². The molecule has 0 fully saturated rings. The highest BCUT2D eigenvalue weighted by Gasteiger charge is 2.09. The van der Waals surface area contributed by atoms with Crippen LogP contribution in [0.2, 0.25) is 0 Å². The summed E-state index contributed by atoms with van der Waals surface area (Å²) in [5, 5.41) is 22.2. The molecule has 0 saturated heterocycles. The van der Waals surface area contributed by atoms with Crippen LogP contribution in [0.5, 0.6) is 11.5 Å². The van der Waals surface area contributed by atoms with Gasteiger partial charge in [-0.05, 0) is 77.3 Å². The highest BCUT2D eigenvalue weighted by atomic mass is 79.9. The second-order valence-electron chi connectivity index (χ2n) is 6.75. The molecule has 0 atom stereocenters. The van der Waals surface area contributed by atoms with Crippen molar-refractivity contribution in [3.63, 3.8) is 0 Å². The number of aromatic hydroxyl groups is 1. The molecule has 7 nitrogen and oxygen atoms in total. The average Bonchev–Trinajstić information content (AvgIpc) is 2.74. The van der Waals surface area contributed by atoms with Crippen molar-refractivity contribution in [1.82, 2.24) is 5.43 Å². The topological polar surface area (TPSA) is 95.6 Å². The van der Waals surface area contributed by atoms with Crippen molar-refractivity contribution in [2.45, 2.75) is 13.8 Å². The van der Waals surface area contributed by atoms with E-state index in [1.165, 1.54) is 12.3 Å². The summed E-state index contributed by atoms with van der Waals surface area (Å²) >= 11 is 3.44. The Balaban J connectivity index is 1.59. The molecule has 0 aliphatic carbocycles. The van der Waals surface area contributed by atoms with Crippen LogP contribution in [-0.2, 0) is 4.79 Å². The maximum absolute atomic E-state index is 12.0. The van der Waals surface area contributed by atoms with Gasteiger partial charge >= 0.3 is 0 Å². The Morgan fingerprint density at radius 3 is 2.55 bits per heavy atom. The Morgan fingerprint density at radius 1 is 1.06 bits per heavy atom. The summed E-state index contributed by atoms with van der Waals surface area (Å²) in [4.78, 5) is 12.0. The molecule has 0 bridgehead atoms. The largest absolute Gasteiger partial charge is 0.507 e. The molecule has 158 valence electrons.